The first-order valence-corrected chi connectivity index (χ1v) is 11.9. The Morgan fingerprint density at radius 2 is 1.85 bits per heavy atom. The summed E-state index contributed by atoms with van der Waals surface area (Å²) in [6.45, 7) is 2.79. The number of hydrogen-bond donors (Lipinski definition) is 0. The van der Waals surface area contributed by atoms with E-state index in [9.17, 15) is 13.2 Å². The van der Waals surface area contributed by atoms with E-state index >= 15 is 0 Å². The second kappa shape index (κ2) is 8.59. The minimum atomic E-state index is -2.99. The molecule has 0 bridgehead atoms. The van der Waals surface area contributed by atoms with Crippen LogP contribution in [0.15, 0.2) is 18.3 Å². The van der Waals surface area contributed by atoms with E-state index in [4.69, 9.17) is 0 Å². The smallest absolute Gasteiger partial charge is 0.255 e. The molecule has 1 amide bonds. The molecule has 0 radical (unpaired) electrons. The number of carbonyl (C=O) groups is 1. The summed E-state index contributed by atoms with van der Waals surface area (Å²) in [6, 6.07) is 4.23. The fraction of sp³-hybridized carbons (Fsp3) is 0.700. The average Bonchev–Trinajstić information content (AvgIpc) is 2.68. The molecule has 2 heterocycles. The van der Waals surface area contributed by atoms with Crippen LogP contribution in [0.2, 0.25) is 0 Å². The molecule has 1 aromatic heterocycles. The van der Waals surface area contributed by atoms with Gasteiger partial charge >= 0.3 is 0 Å². The lowest BCUT2D eigenvalue weighted by Gasteiger charge is -2.35. The SMILES string of the molecule is CCCC1CCC(N(C)c2ccc(C(=O)N3CCS(=O)(=O)CC3)cn2)CC1. The summed E-state index contributed by atoms with van der Waals surface area (Å²) in [5, 5.41) is 0. The number of rotatable bonds is 5. The summed E-state index contributed by atoms with van der Waals surface area (Å²) < 4.78 is 23.1. The third kappa shape index (κ3) is 5.00. The Hall–Kier alpha value is -1.63. The van der Waals surface area contributed by atoms with Gasteiger partial charge in [0.15, 0.2) is 9.84 Å². The number of sulfone groups is 1. The summed E-state index contributed by atoms with van der Waals surface area (Å²) in [7, 11) is -0.898. The highest BCUT2D eigenvalue weighted by Crippen LogP contribution is 2.31. The first kappa shape index (κ1) is 20.1. The summed E-state index contributed by atoms with van der Waals surface area (Å²) in [5.41, 5.74) is 0.526. The molecule has 3 rings (SSSR count). The predicted molar refractivity (Wildman–Crippen MR) is 108 cm³/mol. The van der Waals surface area contributed by atoms with Gasteiger partial charge in [-0.1, -0.05) is 19.8 Å². The molecule has 0 N–H and O–H groups in total. The van der Waals surface area contributed by atoms with Crippen LogP contribution < -0.4 is 4.90 Å². The minimum Gasteiger partial charge on any atom is -0.357 e. The fourth-order valence-corrected chi connectivity index (χ4v) is 5.44. The topological polar surface area (TPSA) is 70.6 Å². The predicted octanol–water partition coefficient (Wildman–Crippen LogP) is 2.75. The van der Waals surface area contributed by atoms with Crippen LogP contribution in [0.25, 0.3) is 0 Å². The number of nitrogens with zero attached hydrogens (tertiary/aromatic N) is 3. The van der Waals surface area contributed by atoms with E-state index in [0.29, 0.717) is 11.6 Å². The molecule has 1 saturated carbocycles. The third-order valence-electron chi connectivity index (χ3n) is 6.05. The maximum Gasteiger partial charge on any atom is 0.255 e. The van der Waals surface area contributed by atoms with E-state index in [1.54, 1.807) is 11.1 Å². The van der Waals surface area contributed by atoms with Gasteiger partial charge in [-0.05, 0) is 43.7 Å². The maximum absolute atomic E-state index is 12.6. The molecule has 1 aliphatic heterocycles. The molecular formula is C20H31N3O3S. The van der Waals surface area contributed by atoms with E-state index in [2.05, 4.69) is 23.9 Å². The Balaban J connectivity index is 1.57. The van der Waals surface area contributed by atoms with Gasteiger partial charge < -0.3 is 9.80 Å². The van der Waals surface area contributed by atoms with Gasteiger partial charge in [0.2, 0.25) is 0 Å². The Morgan fingerprint density at radius 1 is 1.19 bits per heavy atom. The van der Waals surface area contributed by atoms with E-state index in [1.165, 1.54) is 38.5 Å². The van der Waals surface area contributed by atoms with Crippen LogP contribution in [-0.4, -0.2) is 61.9 Å². The first-order chi connectivity index (χ1) is 12.9. The number of pyridine rings is 1. The van der Waals surface area contributed by atoms with Crippen molar-refractivity contribution in [2.24, 2.45) is 5.92 Å². The Bertz CT molecular complexity index is 726. The highest BCUT2D eigenvalue weighted by molar-refractivity contribution is 7.91. The molecule has 2 aliphatic rings. The number of carbonyl (C=O) groups excluding carboxylic acids is 1. The Labute approximate surface area is 162 Å². The summed E-state index contributed by atoms with van der Waals surface area (Å²) in [4.78, 5) is 20.9. The van der Waals surface area contributed by atoms with Crippen LogP contribution >= 0.6 is 0 Å². The van der Waals surface area contributed by atoms with E-state index < -0.39 is 9.84 Å². The van der Waals surface area contributed by atoms with Gasteiger partial charge in [-0.25, -0.2) is 13.4 Å². The summed E-state index contributed by atoms with van der Waals surface area (Å²) >= 11 is 0. The second-order valence-electron chi connectivity index (χ2n) is 7.92. The Kier molecular flexibility index (Phi) is 6.40. The van der Waals surface area contributed by atoms with Gasteiger partial charge in [0.1, 0.15) is 5.82 Å². The highest BCUT2D eigenvalue weighted by atomic mass is 32.2. The molecule has 0 atom stereocenters. The van der Waals surface area contributed by atoms with Crippen molar-refractivity contribution in [2.75, 3.05) is 36.5 Å². The number of hydrogen-bond acceptors (Lipinski definition) is 5. The van der Waals surface area contributed by atoms with Crippen molar-refractivity contribution < 1.29 is 13.2 Å². The molecule has 0 spiro atoms. The van der Waals surface area contributed by atoms with Crippen molar-refractivity contribution in [1.82, 2.24) is 9.88 Å². The van der Waals surface area contributed by atoms with E-state index in [0.717, 1.165) is 11.7 Å². The summed E-state index contributed by atoms with van der Waals surface area (Å²) in [6.07, 6.45) is 9.21. The van der Waals surface area contributed by atoms with Gasteiger partial charge in [0, 0.05) is 32.4 Å². The lowest BCUT2D eigenvalue weighted by Crippen LogP contribution is -2.43. The first-order valence-electron chi connectivity index (χ1n) is 10.1. The molecular weight excluding hydrogens is 362 g/mol. The minimum absolute atomic E-state index is 0.0493. The van der Waals surface area contributed by atoms with Crippen LogP contribution in [0.3, 0.4) is 0 Å². The van der Waals surface area contributed by atoms with Crippen molar-refractivity contribution in [3.05, 3.63) is 23.9 Å². The Morgan fingerprint density at radius 3 is 2.41 bits per heavy atom. The average molecular weight is 394 g/mol. The molecule has 1 saturated heterocycles. The molecule has 27 heavy (non-hydrogen) atoms. The summed E-state index contributed by atoms with van der Waals surface area (Å²) in [5.74, 6) is 1.74. The quantitative estimate of drug-likeness (QED) is 0.769. The van der Waals surface area contributed by atoms with Gasteiger partial charge in [0.25, 0.3) is 5.91 Å². The van der Waals surface area contributed by atoms with E-state index in [-0.39, 0.29) is 30.5 Å². The maximum atomic E-state index is 12.6. The molecule has 7 heteroatoms. The standard InChI is InChI=1S/C20H31N3O3S/c1-3-4-16-5-8-18(9-6-16)22(2)19-10-7-17(15-21-19)20(24)23-11-13-27(25,26)14-12-23/h7,10,15-16,18H,3-6,8-9,11-14H2,1-2H3. The number of aromatic nitrogens is 1. The van der Waals surface area contributed by atoms with Crippen LogP contribution in [0, 0.1) is 5.92 Å². The lowest BCUT2D eigenvalue weighted by atomic mass is 9.83. The second-order valence-corrected chi connectivity index (χ2v) is 10.2. The molecule has 6 nitrogen and oxygen atoms in total. The zero-order valence-corrected chi connectivity index (χ0v) is 17.2. The third-order valence-corrected chi connectivity index (χ3v) is 7.66. The van der Waals surface area contributed by atoms with Gasteiger partial charge in [-0.3, -0.25) is 4.79 Å². The van der Waals surface area contributed by atoms with Crippen molar-refractivity contribution in [3.63, 3.8) is 0 Å². The fourth-order valence-electron chi connectivity index (χ4n) is 4.24. The number of anilines is 1. The molecule has 150 valence electrons. The molecule has 0 unspecified atom stereocenters. The van der Waals surface area contributed by atoms with Crippen LogP contribution in [0.4, 0.5) is 5.82 Å². The largest absolute Gasteiger partial charge is 0.357 e. The van der Waals surface area contributed by atoms with Crippen molar-refractivity contribution in [3.8, 4) is 0 Å². The highest BCUT2D eigenvalue weighted by Gasteiger charge is 2.27. The van der Waals surface area contributed by atoms with Crippen LogP contribution in [-0.2, 0) is 9.84 Å². The normalized spacial score (nSPS) is 25.2. The van der Waals surface area contributed by atoms with Gasteiger partial charge in [-0.2, -0.15) is 0 Å². The van der Waals surface area contributed by atoms with Crippen LogP contribution in [0.1, 0.15) is 55.8 Å². The van der Waals surface area contributed by atoms with Crippen molar-refractivity contribution in [2.45, 2.75) is 51.5 Å². The monoisotopic (exact) mass is 393 g/mol. The number of amides is 1. The zero-order chi connectivity index (χ0) is 19.4. The van der Waals surface area contributed by atoms with E-state index in [1.807, 2.05) is 12.1 Å². The molecule has 2 fully saturated rings. The van der Waals surface area contributed by atoms with Crippen molar-refractivity contribution in [1.29, 1.82) is 0 Å². The molecule has 1 aliphatic carbocycles. The van der Waals surface area contributed by atoms with Crippen molar-refractivity contribution >= 4 is 21.6 Å². The molecule has 0 aromatic carbocycles. The lowest BCUT2D eigenvalue weighted by molar-refractivity contribution is 0.0770. The molecule has 1 aromatic rings. The van der Waals surface area contributed by atoms with Gasteiger partial charge in [0.05, 0.1) is 17.1 Å². The van der Waals surface area contributed by atoms with Crippen LogP contribution in [0.5, 0.6) is 0 Å². The van der Waals surface area contributed by atoms with Gasteiger partial charge in [-0.15, -0.1) is 0 Å². The zero-order valence-electron chi connectivity index (χ0n) is 16.4.